The largest absolute Gasteiger partial charge is 0.478 e. The minimum atomic E-state index is -3.93. The second-order valence-electron chi connectivity index (χ2n) is 3.67. The number of H-pyrrole nitrogens is 1. The fourth-order valence-corrected chi connectivity index (χ4v) is 2.62. The second-order valence-corrected chi connectivity index (χ2v) is 5.32. The summed E-state index contributed by atoms with van der Waals surface area (Å²) in [5, 5.41) is 15.1. The molecule has 0 saturated carbocycles. The first-order valence-corrected chi connectivity index (χ1v) is 6.61. The highest BCUT2D eigenvalue weighted by Crippen LogP contribution is 2.18. The van der Waals surface area contributed by atoms with E-state index in [0.717, 1.165) is 6.20 Å². The molecule has 19 heavy (non-hydrogen) atoms. The fraction of sp³-hybridized carbons (Fsp3) is 0.100. The van der Waals surface area contributed by atoms with E-state index in [4.69, 9.17) is 5.11 Å². The van der Waals surface area contributed by atoms with Gasteiger partial charge in [0.1, 0.15) is 10.5 Å². The molecule has 0 aromatic carbocycles. The summed E-state index contributed by atoms with van der Waals surface area (Å²) in [6.07, 6.45) is 2.44. The summed E-state index contributed by atoms with van der Waals surface area (Å²) >= 11 is 0. The number of carboxylic acid groups (broad SMARTS) is 1. The molecule has 0 atom stereocenters. The molecule has 2 aromatic heterocycles. The number of carbonyl (C=O) groups is 1. The van der Waals surface area contributed by atoms with E-state index in [1.54, 1.807) is 0 Å². The van der Waals surface area contributed by atoms with Crippen LogP contribution in [0.4, 0.5) is 5.82 Å². The molecule has 0 radical (unpaired) electrons. The third-order valence-electron chi connectivity index (χ3n) is 2.34. The van der Waals surface area contributed by atoms with Gasteiger partial charge in [-0.2, -0.15) is 5.10 Å². The topological polar surface area (TPSA) is 125 Å². The zero-order valence-electron chi connectivity index (χ0n) is 9.78. The molecule has 2 rings (SSSR count). The molecule has 8 nitrogen and oxygen atoms in total. The van der Waals surface area contributed by atoms with Crippen LogP contribution in [-0.4, -0.2) is 34.7 Å². The van der Waals surface area contributed by atoms with Crippen LogP contribution in [0.1, 0.15) is 16.1 Å². The Bertz CT molecular complexity index is 723. The van der Waals surface area contributed by atoms with Crippen LogP contribution in [-0.2, 0) is 10.0 Å². The first-order valence-electron chi connectivity index (χ1n) is 5.13. The molecule has 0 fully saturated rings. The first-order chi connectivity index (χ1) is 8.92. The van der Waals surface area contributed by atoms with Crippen molar-refractivity contribution in [2.45, 2.75) is 11.8 Å². The van der Waals surface area contributed by atoms with Crippen molar-refractivity contribution in [1.29, 1.82) is 0 Å². The highest BCUT2D eigenvalue weighted by molar-refractivity contribution is 7.92. The van der Waals surface area contributed by atoms with Gasteiger partial charge in [0.25, 0.3) is 10.0 Å². The maximum Gasteiger partial charge on any atom is 0.339 e. The van der Waals surface area contributed by atoms with E-state index in [1.807, 2.05) is 0 Å². The van der Waals surface area contributed by atoms with Gasteiger partial charge in [-0.25, -0.2) is 18.2 Å². The Labute approximate surface area is 108 Å². The molecule has 0 spiro atoms. The van der Waals surface area contributed by atoms with Gasteiger partial charge in [-0.3, -0.25) is 9.82 Å². The summed E-state index contributed by atoms with van der Waals surface area (Å²) in [6, 6.07) is 2.67. The molecular formula is C10H10N4O4S. The van der Waals surface area contributed by atoms with E-state index in [1.165, 1.54) is 25.3 Å². The summed E-state index contributed by atoms with van der Waals surface area (Å²) in [7, 11) is -3.93. The summed E-state index contributed by atoms with van der Waals surface area (Å²) in [6.45, 7) is 1.54. The predicted molar refractivity (Wildman–Crippen MR) is 65.3 cm³/mol. The van der Waals surface area contributed by atoms with Gasteiger partial charge >= 0.3 is 5.97 Å². The second kappa shape index (κ2) is 4.69. The van der Waals surface area contributed by atoms with E-state index in [-0.39, 0.29) is 16.3 Å². The Morgan fingerprint density at radius 2 is 2.21 bits per heavy atom. The molecule has 9 heteroatoms. The number of pyridine rings is 1. The van der Waals surface area contributed by atoms with Crippen LogP contribution < -0.4 is 4.72 Å². The highest BCUT2D eigenvalue weighted by atomic mass is 32.2. The molecule has 0 amide bonds. The molecule has 2 heterocycles. The van der Waals surface area contributed by atoms with Crippen molar-refractivity contribution < 1.29 is 18.3 Å². The quantitative estimate of drug-likeness (QED) is 0.754. The lowest BCUT2D eigenvalue weighted by Crippen LogP contribution is -2.17. The van der Waals surface area contributed by atoms with Crippen LogP contribution in [0.25, 0.3) is 0 Å². The van der Waals surface area contributed by atoms with E-state index in [0.29, 0.717) is 5.69 Å². The minimum absolute atomic E-state index is 0.0607. The number of sulfonamides is 1. The maximum atomic E-state index is 12.1. The number of anilines is 1. The standard InChI is InChI=1S/C10H10N4O4S/c1-6-8(5-12-13-6)19(17,18)14-9-7(10(15)16)3-2-4-11-9/h2-5H,1H3,(H,11,14)(H,12,13)(H,15,16). The molecule has 100 valence electrons. The molecule has 0 saturated heterocycles. The van der Waals surface area contributed by atoms with Crippen LogP contribution >= 0.6 is 0 Å². The monoisotopic (exact) mass is 282 g/mol. The van der Waals surface area contributed by atoms with Crippen molar-refractivity contribution in [2.75, 3.05) is 4.72 Å². The number of aromatic amines is 1. The highest BCUT2D eigenvalue weighted by Gasteiger charge is 2.22. The number of aromatic nitrogens is 3. The van der Waals surface area contributed by atoms with Crippen molar-refractivity contribution in [3.63, 3.8) is 0 Å². The molecule has 0 aliphatic carbocycles. The first kappa shape index (κ1) is 13.0. The number of hydrogen-bond acceptors (Lipinski definition) is 5. The van der Waals surface area contributed by atoms with Crippen LogP contribution in [0, 0.1) is 6.92 Å². The van der Waals surface area contributed by atoms with E-state index < -0.39 is 16.0 Å². The lowest BCUT2D eigenvalue weighted by atomic mass is 10.3. The maximum absolute atomic E-state index is 12.1. The zero-order valence-corrected chi connectivity index (χ0v) is 10.6. The number of hydrogen-bond donors (Lipinski definition) is 3. The summed E-state index contributed by atoms with van der Waals surface area (Å²) in [5.74, 6) is -1.51. The smallest absolute Gasteiger partial charge is 0.339 e. The van der Waals surface area contributed by atoms with Gasteiger partial charge in [0, 0.05) is 6.20 Å². The van der Waals surface area contributed by atoms with Gasteiger partial charge in [0.05, 0.1) is 11.9 Å². The molecule has 0 aliphatic rings. The molecular weight excluding hydrogens is 272 g/mol. The zero-order chi connectivity index (χ0) is 14.0. The van der Waals surface area contributed by atoms with Crippen LogP contribution in [0.5, 0.6) is 0 Å². The summed E-state index contributed by atoms with van der Waals surface area (Å²) in [4.78, 5) is 14.6. The number of aryl methyl sites for hydroxylation is 1. The Balaban J connectivity index is 2.42. The Morgan fingerprint density at radius 1 is 1.47 bits per heavy atom. The lowest BCUT2D eigenvalue weighted by Gasteiger charge is -2.08. The van der Waals surface area contributed by atoms with Crippen LogP contribution in [0.2, 0.25) is 0 Å². The fourth-order valence-electron chi connectivity index (χ4n) is 1.45. The van der Waals surface area contributed by atoms with E-state index >= 15 is 0 Å². The number of carboxylic acids is 1. The Kier molecular flexibility index (Phi) is 3.21. The number of nitrogens with zero attached hydrogens (tertiary/aromatic N) is 2. The summed E-state index contributed by atoms with van der Waals surface area (Å²) in [5.41, 5.74) is 0.118. The predicted octanol–water partition coefficient (Wildman–Crippen LogP) is 0.612. The average molecular weight is 282 g/mol. The molecule has 0 unspecified atom stereocenters. The minimum Gasteiger partial charge on any atom is -0.478 e. The van der Waals surface area contributed by atoms with Crippen molar-refractivity contribution in [1.82, 2.24) is 15.2 Å². The van der Waals surface area contributed by atoms with Crippen molar-refractivity contribution >= 4 is 21.8 Å². The molecule has 2 aromatic rings. The third kappa shape index (κ3) is 2.55. The third-order valence-corrected chi connectivity index (χ3v) is 3.80. The lowest BCUT2D eigenvalue weighted by molar-refractivity contribution is 0.0697. The van der Waals surface area contributed by atoms with E-state index in [9.17, 15) is 13.2 Å². The number of nitrogens with one attached hydrogen (secondary N) is 2. The molecule has 3 N–H and O–H groups in total. The van der Waals surface area contributed by atoms with Crippen LogP contribution in [0.3, 0.4) is 0 Å². The van der Waals surface area contributed by atoms with Crippen molar-refractivity contribution in [2.24, 2.45) is 0 Å². The Morgan fingerprint density at radius 3 is 2.79 bits per heavy atom. The average Bonchev–Trinajstić information content (AvgIpc) is 2.76. The normalized spacial score (nSPS) is 11.2. The van der Waals surface area contributed by atoms with Gasteiger partial charge < -0.3 is 5.11 Å². The van der Waals surface area contributed by atoms with Crippen LogP contribution in [0.15, 0.2) is 29.4 Å². The molecule has 0 bridgehead atoms. The van der Waals surface area contributed by atoms with Gasteiger partial charge in [-0.05, 0) is 19.1 Å². The molecule has 0 aliphatic heterocycles. The van der Waals surface area contributed by atoms with Gasteiger partial charge in [-0.1, -0.05) is 0 Å². The Hall–Kier alpha value is -2.42. The van der Waals surface area contributed by atoms with Gasteiger partial charge in [0.15, 0.2) is 5.82 Å². The number of aromatic carboxylic acids is 1. The van der Waals surface area contributed by atoms with Crippen molar-refractivity contribution in [3.05, 3.63) is 35.8 Å². The SMILES string of the molecule is Cc1[nH]ncc1S(=O)(=O)Nc1ncccc1C(=O)O. The summed E-state index contributed by atoms with van der Waals surface area (Å²) < 4.78 is 26.2. The van der Waals surface area contributed by atoms with E-state index in [2.05, 4.69) is 19.9 Å². The van der Waals surface area contributed by atoms with Gasteiger partial charge in [0.2, 0.25) is 0 Å². The van der Waals surface area contributed by atoms with Gasteiger partial charge in [-0.15, -0.1) is 0 Å². The van der Waals surface area contributed by atoms with Crippen molar-refractivity contribution in [3.8, 4) is 0 Å². The number of rotatable bonds is 4.